The molecule has 9 heteroatoms. The number of amides is 1. The molecule has 0 fully saturated rings. The van der Waals surface area contributed by atoms with Gasteiger partial charge >= 0.3 is 6.18 Å². The molecule has 5 nitrogen and oxygen atoms in total. The SMILES string of the molecule is CC(Oc1ccccc1C(F)(F)F)C(=O)Nc1ccc(OCCN)cc1.Cl. The van der Waals surface area contributed by atoms with E-state index in [4.69, 9.17) is 15.2 Å². The molecule has 0 saturated heterocycles. The zero-order valence-electron chi connectivity index (χ0n) is 14.5. The first-order chi connectivity index (χ1) is 12.3. The molecular formula is C18H20ClF3N2O3. The second-order valence-corrected chi connectivity index (χ2v) is 5.40. The number of alkyl halides is 3. The lowest BCUT2D eigenvalue weighted by molar-refractivity contribution is -0.140. The minimum absolute atomic E-state index is 0. The molecule has 2 aromatic rings. The molecule has 2 rings (SSSR count). The fourth-order valence-corrected chi connectivity index (χ4v) is 2.10. The van der Waals surface area contributed by atoms with Gasteiger partial charge in [-0.15, -0.1) is 12.4 Å². The molecule has 148 valence electrons. The lowest BCUT2D eigenvalue weighted by Gasteiger charge is -2.18. The van der Waals surface area contributed by atoms with Crippen molar-refractivity contribution in [1.29, 1.82) is 0 Å². The van der Waals surface area contributed by atoms with Crippen LogP contribution in [0.5, 0.6) is 11.5 Å². The van der Waals surface area contributed by atoms with Crippen LogP contribution in [-0.2, 0) is 11.0 Å². The van der Waals surface area contributed by atoms with Crippen LogP contribution in [0.25, 0.3) is 0 Å². The molecule has 1 atom stereocenters. The Morgan fingerprint density at radius 2 is 1.78 bits per heavy atom. The van der Waals surface area contributed by atoms with Gasteiger partial charge in [-0.3, -0.25) is 4.79 Å². The van der Waals surface area contributed by atoms with E-state index in [9.17, 15) is 18.0 Å². The average Bonchev–Trinajstić information content (AvgIpc) is 2.60. The first-order valence-electron chi connectivity index (χ1n) is 7.88. The van der Waals surface area contributed by atoms with Gasteiger partial charge in [0.2, 0.25) is 0 Å². The Labute approximate surface area is 161 Å². The monoisotopic (exact) mass is 404 g/mol. The highest BCUT2D eigenvalue weighted by molar-refractivity contribution is 5.94. The van der Waals surface area contributed by atoms with Crippen molar-refractivity contribution in [3.8, 4) is 11.5 Å². The van der Waals surface area contributed by atoms with E-state index in [1.54, 1.807) is 24.3 Å². The van der Waals surface area contributed by atoms with Crippen LogP contribution in [0.15, 0.2) is 48.5 Å². The van der Waals surface area contributed by atoms with E-state index in [0.29, 0.717) is 24.6 Å². The molecule has 0 aliphatic heterocycles. The maximum Gasteiger partial charge on any atom is 0.419 e. The molecule has 2 aromatic carbocycles. The van der Waals surface area contributed by atoms with Crippen molar-refractivity contribution in [2.75, 3.05) is 18.5 Å². The Hall–Kier alpha value is -2.45. The van der Waals surface area contributed by atoms with Gasteiger partial charge in [-0.25, -0.2) is 0 Å². The van der Waals surface area contributed by atoms with E-state index in [0.717, 1.165) is 6.07 Å². The van der Waals surface area contributed by atoms with Crippen molar-refractivity contribution < 1.29 is 27.4 Å². The van der Waals surface area contributed by atoms with Gasteiger partial charge in [-0.05, 0) is 43.3 Å². The summed E-state index contributed by atoms with van der Waals surface area (Å²) in [5.41, 5.74) is 4.88. The van der Waals surface area contributed by atoms with E-state index in [-0.39, 0.29) is 12.4 Å². The molecule has 0 aliphatic carbocycles. The molecule has 0 spiro atoms. The van der Waals surface area contributed by atoms with Gasteiger partial charge in [0.25, 0.3) is 5.91 Å². The summed E-state index contributed by atoms with van der Waals surface area (Å²) in [5.74, 6) is -0.373. The van der Waals surface area contributed by atoms with E-state index < -0.39 is 29.5 Å². The van der Waals surface area contributed by atoms with Crippen LogP contribution >= 0.6 is 12.4 Å². The first-order valence-corrected chi connectivity index (χ1v) is 7.88. The van der Waals surface area contributed by atoms with E-state index in [2.05, 4.69) is 5.32 Å². The van der Waals surface area contributed by atoms with Crippen molar-refractivity contribution in [3.05, 3.63) is 54.1 Å². The molecule has 3 N–H and O–H groups in total. The van der Waals surface area contributed by atoms with Crippen LogP contribution in [0.3, 0.4) is 0 Å². The summed E-state index contributed by atoms with van der Waals surface area (Å²) in [4.78, 5) is 12.2. The Morgan fingerprint density at radius 3 is 2.37 bits per heavy atom. The Kier molecular flexibility index (Phi) is 8.39. The molecule has 0 bridgehead atoms. The normalized spacial score (nSPS) is 11.9. The fraction of sp³-hybridized carbons (Fsp3) is 0.278. The van der Waals surface area contributed by atoms with Crippen LogP contribution in [-0.4, -0.2) is 25.2 Å². The van der Waals surface area contributed by atoms with Crippen LogP contribution in [0.2, 0.25) is 0 Å². The number of benzene rings is 2. The lowest BCUT2D eigenvalue weighted by atomic mass is 10.2. The van der Waals surface area contributed by atoms with Gasteiger partial charge in [0.1, 0.15) is 18.1 Å². The Bertz CT molecular complexity index is 739. The summed E-state index contributed by atoms with van der Waals surface area (Å²) < 4.78 is 49.4. The minimum atomic E-state index is -4.56. The van der Waals surface area contributed by atoms with Crippen molar-refractivity contribution >= 4 is 24.0 Å². The van der Waals surface area contributed by atoms with Gasteiger partial charge in [0, 0.05) is 12.2 Å². The standard InChI is InChI=1S/C18H19F3N2O3.ClH/c1-12(26-16-5-3-2-4-15(16)18(19,20)21)17(24)23-13-6-8-14(9-7-13)25-11-10-22;/h2-9,12H,10-11,22H2,1H3,(H,23,24);1H. The summed E-state index contributed by atoms with van der Waals surface area (Å²) in [7, 11) is 0. The molecular weight excluding hydrogens is 385 g/mol. The topological polar surface area (TPSA) is 73.6 Å². The maximum absolute atomic E-state index is 13.0. The predicted octanol–water partition coefficient (Wildman–Crippen LogP) is 3.87. The number of hydrogen-bond donors (Lipinski definition) is 2. The third-order valence-corrected chi connectivity index (χ3v) is 3.37. The minimum Gasteiger partial charge on any atom is -0.492 e. The fourth-order valence-electron chi connectivity index (χ4n) is 2.10. The second kappa shape index (κ2) is 10.0. The van der Waals surface area contributed by atoms with Crippen molar-refractivity contribution in [3.63, 3.8) is 0 Å². The first kappa shape index (κ1) is 22.6. The zero-order valence-corrected chi connectivity index (χ0v) is 15.3. The lowest BCUT2D eigenvalue weighted by Crippen LogP contribution is -2.30. The predicted molar refractivity (Wildman–Crippen MR) is 98.4 cm³/mol. The molecule has 1 unspecified atom stereocenters. The summed E-state index contributed by atoms with van der Waals surface area (Å²) in [6.45, 7) is 2.13. The molecule has 0 heterocycles. The van der Waals surface area contributed by atoms with Crippen LogP contribution in [0.4, 0.5) is 18.9 Å². The molecule has 1 amide bonds. The summed E-state index contributed by atoms with van der Waals surface area (Å²) >= 11 is 0. The van der Waals surface area contributed by atoms with Gasteiger partial charge in [0.05, 0.1) is 5.56 Å². The van der Waals surface area contributed by atoms with Crippen LogP contribution < -0.4 is 20.5 Å². The summed E-state index contributed by atoms with van der Waals surface area (Å²) in [6.07, 6.45) is -5.68. The molecule has 27 heavy (non-hydrogen) atoms. The quantitative estimate of drug-likeness (QED) is 0.734. The number of nitrogens with two attached hydrogens (primary N) is 1. The molecule has 0 aromatic heterocycles. The number of halogens is 4. The number of carbonyl (C=O) groups is 1. The van der Waals surface area contributed by atoms with Crippen LogP contribution in [0.1, 0.15) is 12.5 Å². The van der Waals surface area contributed by atoms with Crippen molar-refractivity contribution in [2.24, 2.45) is 5.73 Å². The van der Waals surface area contributed by atoms with Crippen molar-refractivity contribution in [1.82, 2.24) is 0 Å². The van der Waals surface area contributed by atoms with E-state index in [1.807, 2.05) is 0 Å². The van der Waals surface area contributed by atoms with Gasteiger partial charge in [-0.1, -0.05) is 12.1 Å². The van der Waals surface area contributed by atoms with E-state index in [1.165, 1.54) is 25.1 Å². The van der Waals surface area contributed by atoms with Gasteiger partial charge in [-0.2, -0.15) is 13.2 Å². The highest BCUT2D eigenvalue weighted by Crippen LogP contribution is 2.36. The van der Waals surface area contributed by atoms with Crippen LogP contribution in [0, 0.1) is 0 Å². The van der Waals surface area contributed by atoms with Gasteiger partial charge < -0.3 is 20.5 Å². The third-order valence-electron chi connectivity index (χ3n) is 3.37. The Balaban J connectivity index is 0.00000364. The number of anilines is 1. The third kappa shape index (κ3) is 6.65. The molecule has 0 saturated carbocycles. The number of para-hydroxylation sites is 1. The average molecular weight is 405 g/mol. The number of rotatable bonds is 7. The number of nitrogens with one attached hydrogen (secondary N) is 1. The van der Waals surface area contributed by atoms with E-state index >= 15 is 0 Å². The molecule has 0 radical (unpaired) electrons. The molecule has 0 aliphatic rings. The smallest absolute Gasteiger partial charge is 0.419 e. The summed E-state index contributed by atoms with van der Waals surface area (Å²) in [5, 5.41) is 2.58. The number of carbonyl (C=O) groups excluding carboxylic acids is 1. The van der Waals surface area contributed by atoms with Crippen molar-refractivity contribution in [2.45, 2.75) is 19.2 Å². The maximum atomic E-state index is 13.0. The summed E-state index contributed by atoms with van der Waals surface area (Å²) in [6, 6.07) is 11.3. The second-order valence-electron chi connectivity index (χ2n) is 5.40. The number of hydrogen-bond acceptors (Lipinski definition) is 4. The number of ether oxygens (including phenoxy) is 2. The largest absolute Gasteiger partial charge is 0.492 e. The Morgan fingerprint density at radius 1 is 1.15 bits per heavy atom. The highest BCUT2D eigenvalue weighted by atomic mass is 35.5. The zero-order chi connectivity index (χ0) is 19.2. The van der Waals surface area contributed by atoms with Gasteiger partial charge in [0.15, 0.2) is 6.10 Å². The highest BCUT2D eigenvalue weighted by Gasteiger charge is 2.34.